The van der Waals surface area contributed by atoms with Crippen molar-refractivity contribution in [3.63, 3.8) is 0 Å². The number of benzene rings is 2. The van der Waals surface area contributed by atoms with E-state index in [4.69, 9.17) is 4.74 Å². The third-order valence-electron chi connectivity index (χ3n) is 6.56. The van der Waals surface area contributed by atoms with Gasteiger partial charge in [0.15, 0.2) is 5.82 Å². The molecule has 4 aromatic rings. The molecule has 0 saturated carbocycles. The number of anilines is 2. The van der Waals surface area contributed by atoms with Gasteiger partial charge in [0, 0.05) is 54.3 Å². The topological polar surface area (TPSA) is 129 Å². The maximum absolute atomic E-state index is 11.8. The van der Waals surface area contributed by atoms with Gasteiger partial charge in [-0.3, -0.25) is 5.10 Å². The Morgan fingerprint density at radius 1 is 1.22 bits per heavy atom. The van der Waals surface area contributed by atoms with Crippen LogP contribution in [0, 0.1) is 5.41 Å². The fraction of sp³-hybridized carbons (Fsp3) is 0.346. The van der Waals surface area contributed by atoms with Gasteiger partial charge in [0.25, 0.3) is 0 Å². The van der Waals surface area contributed by atoms with Gasteiger partial charge in [-0.1, -0.05) is 20.8 Å². The lowest BCUT2D eigenvalue weighted by molar-refractivity contribution is 0.0128. The zero-order chi connectivity index (χ0) is 26.2. The highest BCUT2D eigenvalue weighted by Crippen LogP contribution is 2.36. The Balaban J connectivity index is 1.33. The van der Waals surface area contributed by atoms with Crippen LogP contribution < -0.4 is 10.1 Å². The van der Waals surface area contributed by atoms with E-state index in [1.165, 1.54) is 6.33 Å². The third-order valence-corrected chi connectivity index (χ3v) is 7.18. The van der Waals surface area contributed by atoms with Crippen molar-refractivity contribution in [2.75, 3.05) is 11.9 Å². The molecule has 0 radical (unpaired) electrons. The van der Waals surface area contributed by atoms with Crippen molar-refractivity contribution in [2.45, 2.75) is 45.8 Å². The molecule has 2 unspecified atom stereocenters. The lowest BCUT2D eigenvalue weighted by atomic mass is 9.80. The van der Waals surface area contributed by atoms with Crippen molar-refractivity contribution in [3.8, 4) is 17.1 Å². The molecule has 3 heterocycles. The van der Waals surface area contributed by atoms with Crippen molar-refractivity contribution < 1.29 is 14.6 Å². The van der Waals surface area contributed by atoms with Crippen LogP contribution in [0.4, 0.5) is 16.4 Å². The molecule has 1 saturated heterocycles. The number of piperidine rings is 1. The maximum atomic E-state index is 11.8. The Bertz CT molecular complexity index is 1400. The van der Waals surface area contributed by atoms with Gasteiger partial charge in [-0.15, -0.1) is 0 Å². The number of carbonyl (C=O) groups is 1. The van der Waals surface area contributed by atoms with E-state index in [9.17, 15) is 9.90 Å². The average molecular weight is 566 g/mol. The summed E-state index contributed by atoms with van der Waals surface area (Å²) in [5, 5.41) is 20.5. The molecule has 37 heavy (non-hydrogen) atoms. The lowest BCUT2D eigenvalue weighted by Crippen LogP contribution is -2.53. The Labute approximate surface area is 222 Å². The van der Waals surface area contributed by atoms with E-state index < -0.39 is 6.09 Å². The molecule has 1 amide bonds. The fourth-order valence-corrected chi connectivity index (χ4v) is 5.09. The molecule has 1 fully saturated rings. The number of amides is 1. The Morgan fingerprint density at radius 2 is 2.00 bits per heavy atom. The number of aromatic amines is 1. The summed E-state index contributed by atoms with van der Waals surface area (Å²) in [5.74, 6) is 1.85. The van der Waals surface area contributed by atoms with Crippen LogP contribution in [0.1, 0.15) is 33.6 Å². The molecule has 0 bridgehead atoms. The van der Waals surface area contributed by atoms with E-state index in [0.717, 1.165) is 26.6 Å². The molecule has 192 valence electrons. The first-order chi connectivity index (χ1) is 17.7. The second-order valence-corrected chi connectivity index (χ2v) is 11.0. The van der Waals surface area contributed by atoms with Crippen LogP contribution in [0.3, 0.4) is 0 Å². The minimum absolute atomic E-state index is 0.101. The van der Waals surface area contributed by atoms with Gasteiger partial charge in [-0.05, 0) is 51.7 Å². The second kappa shape index (κ2) is 9.97. The van der Waals surface area contributed by atoms with Gasteiger partial charge in [0.05, 0.1) is 9.99 Å². The summed E-state index contributed by atoms with van der Waals surface area (Å²) >= 11 is 3.62. The van der Waals surface area contributed by atoms with Crippen LogP contribution in [-0.4, -0.2) is 59.9 Å². The van der Waals surface area contributed by atoms with E-state index in [2.05, 4.69) is 67.2 Å². The van der Waals surface area contributed by atoms with Gasteiger partial charge in [0.2, 0.25) is 5.95 Å². The van der Waals surface area contributed by atoms with Crippen LogP contribution in [0.2, 0.25) is 0 Å². The minimum atomic E-state index is -0.880. The molecule has 0 aliphatic carbocycles. The summed E-state index contributed by atoms with van der Waals surface area (Å²) < 4.78 is 7.20. The van der Waals surface area contributed by atoms with Crippen molar-refractivity contribution in [3.05, 3.63) is 53.4 Å². The Kier molecular flexibility index (Phi) is 6.72. The fourth-order valence-electron chi connectivity index (χ4n) is 4.64. The first kappa shape index (κ1) is 24.9. The summed E-state index contributed by atoms with van der Waals surface area (Å²) in [5.41, 5.74) is 2.32. The summed E-state index contributed by atoms with van der Waals surface area (Å²) in [4.78, 5) is 26.6. The van der Waals surface area contributed by atoms with Crippen LogP contribution in [0.25, 0.3) is 22.3 Å². The number of aromatic nitrogens is 5. The van der Waals surface area contributed by atoms with E-state index in [1.54, 1.807) is 11.1 Å². The maximum Gasteiger partial charge on any atom is 0.407 e. The first-order valence-corrected chi connectivity index (χ1v) is 12.8. The number of hydrogen-bond acceptors (Lipinski definition) is 7. The predicted octanol–water partition coefficient (Wildman–Crippen LogP) is 5.86. The van der Waals surface area contributed by atoms with E-state index in [0.29, 0.717) is 36.9 Å². The number of H-pyrrole nitrogens is 1. The van der Waals surface area contributed by atoms with Gasteiger partial charge in [-0.25, -0.2) is 19.7 Å². The number of likely N-dealkylation sites (tertiary alicyclic amines) is 1. The van der Waals surface area contributed by atoms with E-state index >= 15 is 0 Å². The summed E-state index contributed by atoms with van der Waals surface area (Å²) in [6, 6.07) is 11.4. The number of hydrogen-bond donors (Lipinski definition) is 3. The van der Waals surface area contributed by atoms with Crippen LogP contribution in [0.15, 0.2) is 53.4 Å². The third kappa shape index (κ3) is 5.51. The number of fused-ring (bicyclic) bond motifs is 1. The molecule has 5 rings (SSSR count). The smallest absolute Gasteiger partial charge is 0.407 e. The van der Waals surface area contributed by atoms with Crippen molar-refractivity contribution >= 4 is 44.6 Å². The quantitative estimate of drug-likeness (QED) is 0.274. The van der Waals surface area contributed by atoms with Gasteiger partial charge < -0.3 is 20.1 Å². The van der Waals surface area contributed by atoms with Crippen LogP contribution in [-0.2, 0) is 0 Å². The molecule has 2 aromatic heterocycles. The minimum Gasteiger partial charge on any atom is -0.489 e. The zero-order valence-corrected chi connectivity index (χ0v) is 22.4. The Hall–Kier alpha value is -3.73. The van der Waals surface area contributed by atoms with Crippen molar-refractivity contribution in [1.29, 1.82) is 0 Å². The average Bonchev–Trinajstić information content (AvgIpc) is 3.40. The summed E-state index contributed by atoms with van der Waals surface area (Å²) in [6.45, 7) is 6.64. The van der Waals surface area contributed by atoms with Crippen molar-refractivity contribution in [2.24, 2.45) is 5.41 Å². The van der Waals surface area contributed by atoms with Crippen LogP contribution in [0.5, 0.6) is 5.75 Å². The zero-order valence-electron chi connectivity index (χ0n) is 20.8. The number of nitrogens with one attached hydrogen (secondary N) is 2. The van der Waals surface area contributed by atoms with Gasteiger partial charge in [-0.2, -0.15) is 5.10 Å². The number of ether oxygens (including phenoxy) is 1. The van der Waals surface area contributed by atoms with Crippen molar-refractivity contribution in [1.82, 2.24) is 30.0 Å². The Morgan fingerprint density at radius 3 is 2.68 bits per heavy atom. The van der Waals surface area contributed by atoms with E-state index in [1.807, 2.05) is 36.4 Å². The standard InChI is InChI=1S/C26H28BrN7O3/c1-26(2,3)22-11-18(8-9-34(22)25(35)36)37-21-12-20-16(10-19(21)27)13-28-24(32-20)31-17-6-4-15(5-7-17)23-29-14-30-33-23/h4-7,10,12-14,18,22H,8-9,11H2,1-3H3,(H,35,36)(H,28,31,32)(H,29,30,33). The van der Waals surface area contributed by atoms with Gasteiger partial charge in [0.1, 0.15) is 18.2 Å². The normalized spacial score (nSPS) is 18.1. The molecular formula is C26H28BrN7O3. The SMILES string of the molecule is CC(C)(C)C1CC(Oc2cc3nc(Nc4ccc(-c5ncn[nH]5)cc4)ncc3cc2Br)CCN1C(=O)O. The molecule has 1 aliphatic heterocycles. The monoisotopic (exact) mass is 565 g/mol. The number of carboxylic acid groups (broad SMARTS) is 1. The largest absolute Gasteiger partial charge is 0.489 e. The van der Waals surface area contributed by atoms with E-state index in [-0.39, 0.29) is 17.6 Å². The number of rotatable bonds is 5. The molecule has 1 aliphatic rings. The first-order valence-electron chi connectivity index (χ1n) is 12.0. The lowest BCUT2D eigenvalue weighted by Gasteiger charge is -2.44. The molecule has 3 N–H and O–H groups in total. The summed E-state index contributed by atoms with van der Waals surface area (Å²) in [7, 11) is 0. The molecular weight excluding hydrogens is 538 g/mol. The highest BCUT2D eigenvalue weighted by atomic mass is 79.9. The van der Waals surface area contributed by atoms with Gasteiger partial charge >= 0.3 is 6.09 Å². The number of nitrogens with zero attached hydrogens (tertiary/aromatic N) is 5. The molecule has 0 spiro atoms. The highest BCUT2D eigenvalue weighted by Gasteiger charge is 2.39. The second-order valence-electron chi connectivity index (χ2n) is 10.2. The summed E-state index contributed by atoms with van der Waals surface area (Å²) in [6.07, 6.45) is 3.52. The molecule has 2 aromatic carbocycles. The molecule has 10 nitrogen and oxygen atoms in total. The predicted molar refractivity (Wildman–Crippen MR) is 144 cm³/mol. The highest BCUT2D eigenvalue weighted by molar-refractivity contribution is 9.10. The molecule has 11 heteroatoms. The number of halogens is 1. The molecule has 2 atom stereocenters. The van der Waals surface area contributed by atoms with Crippen LogP contribution >= 0.6 is 15.9 Å².